The zero-order valence-corrected chi connectivity index (χ0v) is 5.73. The van der Waals surface area contributed by atoms with Crippen molar-refractivity contribution in [3.05, 3.63) is 0 Å². The van der Waals surface area contributed by atoms with Crippen molar-refractivity contribution in [2.24, 2.45) is 0 Å². The van der Waals surface area contributed by atoms with Crippen LogP contribution in [0.3, 0.4) is 0 Å². The maximum atomic E-state index is 5.30. The number of rotatable bonds is 1. The molecule has 10 nitrogen and oxygen atoms in total. The van der Waals surface area contributed by atoms with Crippen molar-refractivity contribution >= 4 is 0 Å². The molecule has 0 aliphatic rings. The van der Waals surface area contributed by atoms with Gasteiger partial charge in [0.25, 0.3) is 0 Å². The number of nitrogen functional groups attached to an aromatic ring is 2. The van der Waals surface area contributed by atoms with E-state index < -0.39 is 0 Å². The van der Waals surface area contributed by atoms with Crippen LogP contribution in [0.1, 0.15) is 0 Å². The van der Waals surface area contributed by atoms with Gasteiger partial charge in [-0.15, -0.1) is 20.1 Å². The van der Waals surface area contributed by atoms with Gasteiger partial charge in [0, 0.05) is 0 Å². The molecule has 0 aliphatic carbocycles. The van der Waals surface area contributed by atoms with E-state index in [0.717, 1.165) is 9.70 Å². The zero-order chi connectivity index (χ0) is 8.55. The molecule has 0 spiro atoms. The first-order valence-corrected chi connectivity index (χ1v) is 2.86. The summed E-state index contributed by atoms with van der Waals surface area (Å²) in [7, 11) is 0. The number of hydrogen-bond acceptors (Lipinski definition) is 8. The van der Waals surface area contributed by atoms with Crippen LogP contribution in [-0.4, -0.2) is 40.6 Å². The highest BCUT2D eigenvalue weighted by atomic mass is 15.7. The van der Waals surface area contributed by atoms with Crippen LogP contribution in [0.25, 0.3) is 11.6 Å². The van der Waals surface area contributed by atoms with Crippen LogP contribution in [0.5, 0.6) is 0 Å². The molecule has 0 aliphatic heterocycles. The molecule has 62 valence electrons. The molecule has 0 bridgehead atoms. The summed E-state index contributed by atoms with van der Waals surface area (Å²) in [6.45, 7) is 0. The fourth-order valence-electron chi connectivity index (χ4n) is 0.655. The first kappa shape index (κ1) is 6.45. The second-order valence-electron chi connectivity index (χ2n) is 1.88. The van der Waals surface area contributed by atoms with Crippen LogP contribution in [0.4, 0.5) is 0 Å². The molecule has 0 unspecified atom stereocenters. The van der Waals surface area contributed by atoms with Gasteiger partial charge in [0.05, 0.1) is 0 Å². The molecule has 2 rings (SSSR count). The van der Waals surface area contributed by atoms with E-state index in [9.17, 15) is 0 Å². The molecule has 0 radical (unpaired) electrons. The van der Waals surface area contributed by atoms with Crippen molar-refractivity contribution in [3.8, 4) is 11.6 Å². The molecule has 10 heteroatoms. The van der Waals surface area contributed by atoms with Crippen LogP contribution >= 0.6 is 0 Å². The Kier molecular flexibility index (Phi) is 1.14. The summed E-state index contributed by atoms with van der Waals surface area (Å²) in [6, 6.07) is 0. The van der Waals surface area contributed by atoms with E-state index in [2.05, 4.69) is 30.9 Å². The highest BCUT2D eigenvalue weighted by Gasteiger charge is 2.11. The van der Waals surface area contributed by atoms with Gasteiger partial charge < -0.3 is 11.7 Å². The average Bonchev–Trinajstić information content (AvgIpc) is 2.58. The van der Waals surface area contributed by atoms with Gasteiger partial charge in [0.1, 0.15) is 0 Å². The maximum Gasteiger partial charge on any atom is 0.248 e. The van der Waals surface area contributed by atoms with Gasteiger partial charge in [-0.1, -0.05) is 4.91 Å². The number of hydrogen-bond donors (Lipinski definition) is 2. The molecule has 12 heavy (non-hydrogen) atoms. The highest BCUT2D eigenvalue weighted by Crippen LogP contribution is 2.02. The van der Waals surface area contributed by atoms with Gasteiger partial charge in [-0.3, -0.25) is 0 Å². The van der Waals surface area contributed by atoms with Crippen molar-refractivity contribution < 1.29 is 0 Å². The number of nitrogens with zero attached hydrogens (tertiary/aromatic N) is 8. The minimum Gasteiger partial charge on any atom is -0.320 e. The van der Waals surface area contributed by atoms with E-state index in [-0.39, 0.29) is 11.6 Å². The van der Waals surface area contributed by atoms with Crippen LogP contribution in [0, 0.1) is 0 Å². The first-order valence-electron chi connectivity index (χ1n) is 2.86. The lowest BCUT2D eigenvalue weighted by molar-refractivity contribution is 0.679. The summed E-state index contributed by atoms with van der Waals surface area (Å²) < 4.78 is 0. The maximum absolute atomic E-state index is 5.30. The Morgan fingerprint density at radius 2 is 1.92 bits per heavy atom. The number of aromatic nitrogens is 8. The molecule has 2 aromatic rings. The van der Waals surface area contributed by atoms with Crippen molar-refractivity contribution in [2.45, 2.75) is 0 Å². The Hall–Kier alpha value is -2.26. The summed E-state index contributed by atoms with van der Waals surface area (Å²) in [4.78, 5) is 1.72. The van der Waals surface area contributed by atoms with Crippen molar-refractivity contribution in [3.63, 3.8) is 0 Å². The van der Waals surface area contributed by atoms with Crippen LogP contribution < -0.4 is 11.7 Å². The van der Waals surface area contributed by atoms with Crippen LogP contribution in [0.15, 0.2) is 0 Å². The summed E-state index contributed by atoms with van der Waals surface area (Å²) >= 11 is 0. The van der Waals surface area contributed by atoms with E-state index in [1.807, 2.05) is 0 Å². The molecular weight excluding hydrogens is 164 g/mol. The minimum absolute atomic E-state index is 0.171. The molecule has 0 saturated heterocycles. The Bertz CT molecular complexity index is 382. The molecule has 2 heterocycles. The van der Waals surface area contributed by atoms with Gasteiger partial charge in [-0.25, -0.2) is 0 Å². The second-order valence-corrected chi connectivity index (χ2v) is 1.88. The van der Waals surface area contributed by atoms with Gasteiger partial charge in [-0.05, 0) is 15.6 Å². The standard InChI is InChI=1S/C2H4N10/c3-11-2(6-8-10-11)1-5-9-12(4)7-1/h3-4H2. The smallest absolute Gasteiger partial charge is 0.248 e. The minimum atomic E-state index is 0.171. The quantitative estimate of drug-likeness (QED) is 0.423. The van der Waals surface area contributed by atoms with E-state index >= 15 is 0 Å². The summed E-state index contributed by atoms with van der Waals surface area (Å²) in [6.07, 6.45) is 0. The predicted molar refractivity (Wildman–Crippen MR) is 34.9 cm³/mol. The molecule has 2 aromatic heterocycles. The van der Waals surface area contributed by atoms with E-state index in [1.54, 1.807) is 0 Å². The number of nitrogens with two attached hydrogens (primary N) is 2. The third-order valence-corrected chi connectivity index (χ3v) is 1.12. The molecule has 0 saturated carbocycles. The predicted octanol–water partition coefficient (Wildman–Crippen LogP) is -3.25. The molecule has 4 N–H and O–H groups in total. The molecule has 0 fully saturated rings. The Morgan fingerprint density at radius 3 is 2.42 bits per heavy atom. The summed E-state index contributed by atoms with van der Waals surface area (Å²) in [5.41, 5.74) is 0. The van der Waals surface area contributed by atoms with Gasteiger partial charge in [-0.2, -0.15) is 0 Å². The molecular formula is C2H4N10. The highest BCUT2D eigenvalue weighted by molar-refractivity contribution is 5.39. The third kappa shape index (κ3) is 0.817. The molecule has 0 atom stereocenters. The van der Waals surface area contributed by atoms with Gasteiger partial charge >= 0.3 is 0 Å². The molecule has 0 aromatic carbocycles. The van der Waals surface area contributed by atoms with Crippen molar-refractivity contribution in [2.75, 3.05) is 11.7 Å². The Labute approximate surface area is 65.1 Å². The first-order chi connectivity index (χ1) is 5.77. The lowest BCUT2D eigenvalue weighted by Gasteiger charge is -1.87. The monoisotopic (exact) mass is 168 g/mol. The Balaban J connectivity index is 2.50. The molecule has 0 amide bonds. The van der Waals surface area contributed by atoms with Crippen molar-refractivity contribution in [1.82, 2.24) is 40.6 Å². The fourth-order valence-corrected chi connectivity index (χ4v) is 0.655. The van der Waals surface area contributed by atoms with E-state index in [1.165, 1.54) is 0 Å². The van der Waals surface area contributed by atoms with Crippen LogP contribution in [-0.2, 0) is 0 Å². The average molecular weight is 168 g/mol. The lowest BCUT2D eigenvalue weighted by Crippen LogP contribution is -2.14. The van der Waals surface area contributed by atoms with Gasteiger partial charge in [0.2, 0.25) is 11.6 Å². The zero-order valence-electron chi connectivity index (χ0n) is 5.73. The number of tetrazole rings is 2. The fraction of sp³-hybridized carbons (Fsp3) is 0. The SMILES string of the molecule is Nn1nnc(-c2nnnn2N)n1. The van der Waals surface area contributed by atoms with Crippen LogP contribution in [0.2, 0.25) is 0 Å². The summed E-state index contributed by atoms with van der Waals surface area (Å²) in [5.74, 6) is 10.8. The second kappa shape index (κ2) is 2.11. The lowest BCUT2D eigenvalue weighted by atomic mass is 10.6. The van der Waals surface area contributed by atoms with Gasteiger partial charge in [0.15, 0.2) is 0 Å². The van der Waals surface area contributed by atoms with E-state index in [4.69, 9.17) is 11.7 Å². The van der Waals surface area contributed by atoms with E-state index in [0.29, 0.717) is 0 Å². The third-order valence-electron chi connectivity index (χ3n) is 1.12. The largest absolute Gasteiger partial charge is 0.320 e. The normalized spacial score (nSPS) is 10.3. The topological polar surface area (TPSA) is 139 Å². The Morgan fingerprint density at radius 1 is 1.08 bits per heavy atom. The van der Waals surface area contributed by atoms with Crippen molar-refractivity contribution in [1.29, 1.82) is 0 Å². The summed E-state index contributed by atoms with van der Waals surface area (Å²) in [5, 5.41) is 20.8.